The van der Waals surface area contributed by atoms with Gasteiger partial charge in [0.05, 0.1) is 23.8 Å². The van der Waals surface area contributed by atoms with Crippen LogP contribution in [0.1, 0.15) is 12.2 Å². The molecule has 1 atom stereocenters. The van der Waals surface area contributed by atoms with E-state index < -0.39 is 0 Å². The number of rotatable bonds is 6. The van der Waals surface area contributed by atoms with Gasteiger partial charge in [-0.05, 0) is 36.8 Å². The maximum atomic E-state index is 6.19. The molecular weight excluding hydrogens is 400 g/mol. The number of halogens is 1. The summed E-state index contributed by atoms with van der Waals surface area (Å²) in [4.78, 5) is 14.6. The van der Waals surface area contributed by atoms with Crippen molar-refractivity contribution in [2.24, 2.45) is 4.99 Å². The summed E-state index contributed by atoms with van der Waals surface area (Å²) >= 11 is 6.19. The highest BCUT2D eigenvalue weighted by molar-refractivity contribution is 6.30. The normalized spacial score (nSPS) is 16.8. The minimum absolute atomic E-state index is 0.297. The Labute approximate surface area is 181 Å². The summed E-state index contributed by atoms with van der Waals surface area (Å²) in [5.41, 5.74) is 3.09. The Hall–Kier alpha value is -2.93. The van der Waals surface area contributed by atoms with Gasteiger partial charge in [0, 0.05) is 44.2 Å². The number of aromatic amines is 1. The highest BCUT2D eigenvalue weighted by atomic mass is 35.5. The number of aromatic nitrogens is 2. The topological polar surface area (TPSA) is 77.6 Å². The van der Waals surface area contributed by atoms with Crippen LogP contribution in [0.15, 0.2) is 47.5 Å². The summed E-state index contributed by atoms with van der Waals surface area (Å²) in [6.07, 6.45) is 1.81. The van der Waals surface area contributed by atoms with Crippen LogP contribution in [0.25, 0.3) is 11.0 Å². The molecule has 0 amide bonds. The first kappa shape index (κ1) is 20.3. The van der Waals surface area contributed by atoms with E-state index in [1.54, 1.807) is 14.2 Å². The van der Waals surface area contributed by atoms with E-state index in [-0.39, 0.29) is 0 Å². The number of para-hydroxylation sites is 2. The van der Waals surface area contributed by atoms with Crippen molar-refractivity contribution in [3.8, 4) is 5.75 Å². The van der Waals surface area contributed by atoms with Gasteiger partial charge in [-0.25, -0.2) is 4.98 Å². The fourth-order valence-corrected chi connectivity index (χ4v) is 3.98. The monoisotopic (exact) mass is 426 g/mol. The highest BCUT2D eigenvalue weighted by Gasteiger charge is 2.25. The maximum Gasteiger partial charge on any atom is 0.191 e. The number of hydrogen-bond donors (Lipinski definition) is 3. The van der Waals surface area contributed by atoms with Crippen LogP contribution < -0.4 is 20.3 Å². The predicted molar refractivity (Wildman–Crippen MR) is 123 cm³/mol. The predicted octanol–water partition coefficient (Wildman–Crippen LogP) is 3.21. The fraction of sp³-hybridized carbons (Fsp3) is 0.364. The lowest BCUT2D eigenvalue weighted by molar-refractivity contribution is 0.415. The van der Waals surface area contributed by atoms with Gasteiger partial charge in [0.2, 0.25) is 0 Å². The van der Waals surface area contributed by atoms with Gasteiger partial charge in [-0.3, -0.25) is 4.99 Å². The van der Waals surface area contributed by atoms with Crippen LogP contribution >= 0.6 is 11.6 Å². The van der Waals surface area contributed by atoms with E-state index >= 15 is 0 Å². The molecule has 1 fully saturated rings. The van der Waals surface area contributed by atoms with Crippen molar-refractivity contribution < 1.29 is 4.74 Å². The molecule has 0 aliphatic carbocycles. The van der Waals surface area contributed by atoms with E-state index in [4.69, 9.17) is 16.3 Å². The first-order chi connectivity index (χ1) is 14.7. The van der Waals surface area contributed by atoms with Crippen LogP contribution in [0.4, 0.5) is 5.69 Å². The number of guanidine groups is 1. The molecule has 1 aliphatic rings. The van der Waals surface area contributed by atoms with E-state index in [1.807, 2.05) is 42.5 Å². The van der Waals surface area contributed by atoms with Crippen LogP contribution in [0.2, 0.25) is 5.02 Å². The molecule has 30 heavy (non-hydrogen) atoms. The molecule has 158 valence electrons. The third-order valence-corrected chi connectivity index (χ3v) is 5.56. The molecule has 0 bridgehead atoms. The van der Waals surface area contributed by atoms with E-state index in [2.05, 4.69) is 30.5 Å². The standard InChI is InChI=1S/C22H27ClN6O/c1-24-22(25-11-9-21-27-17-5-3-4-6-18(17)28-21)26-16-10-12-29(14-16)19-13-15(23)7-8-20(19)30-2/h3-8,13,16H,9-12,14H2,1-2H3,(H,27,28)(H2,24,25,26). The lowest BCUT2D eigenvalue weighted by Gasteiger charge is -2.22. The Morgan fingerprint density at radius 3 is 3.00 bits per heavy atom. The molecule has 1 unspecified atom stereocenters. The third-order valence-electron chi connectivity index (χ3n) is 5.33. The second kappa shape index (κ2) is 9.26. The molecule has 1 aliphatic heterocycles. The molecular formula is C22H27ClN6O. The Balaban J connectivity index is 1.29. The molecule has 1 aromatic heterocycles. The van der Waals surface area contributed by atoms with Gasteiger partial charge in [-0.1, -0.05) is 23.7 Å². The van der Waals surface area contributed by atoms with Crippen molar-refractivity contribution in [2.75, 3.05) is 38.7 Å². The minimum Gasteiger partial charge on any atom is -0.495 e. The summed E-state index contributed by atoms with van der Waals surface area (Å²) in [6, 6.07) is 14.1. The molecule has 0 radical (unpaired) electrons. The summed E-state index contributed by atoms with van der Waals surface area (Å²) < 4.78 is 5.50. The lowest BCUT2D eigenvalue weighted by Crippen LogP contribution is -2.45. The number of hydrogen-bond acceptors (Lipinski definition) is 4. The van der Waals surface area contributed by atoms with Crippen molar-refractivity contribution in [3.05, 3.63) is 53.3 Å². The fourth-order valence-electron chi connectivity index (χ4n) is 3.82. The average molecular weight is 427 g/mol. The quantitative estimate of drug-likeness (QED) is 0.416. The zero-order valence-corrected chi connectivity index (χ0v) is 18.0. The van der Waals surface area contributed by atoms with Crippen LogP contribution in [-0.4, -0.2) is 55.8 Å². The number of fused-ring (bicyclic) bond motifs is 1. The zero-order chi connectivity index (χ0) is 20.9. The Bertz CT molecular complexity index is 1000. The summed E-state index contributed by atoms with van der Waals surface area (Å²) in [5.74, 6) is 2.61. The number of benzene rings is 2. The number of methoxy groups -OCH3 is 1. The van der Waals surface area contributed by atoms with E-state index in [0.29, 0.717) is 11.1 Å². The maximum absolute atomic E-state index is 6.19. The molecule has 1 saturated heterocycles. The number of ether oxygens (including phenoxy) is 1. The Kier molecular flexibility index (Phi) is 6.28. The average Bonchev–Trinajstić information content (AvgIpc) is 3.39. The zero-order valence-electron chi connectivity index (χ0n) is 17.3. The molecule has 3 aromatic rings. The van der Waals surface area contributed by atoms with Gasteiger partial charge in [0.25, 0.3) is 0 Å². The largest absolute Gasteiger partial charge is 0.495 e. The van der Waals surface area contributed by atoms with Crippen LogP contribution in [0.5, 0.6) is 5.75 Å². The molecule has 0 saturated carbocycles. The van der Waals surface area contributed by atoms with Crippen molar-refractivity contribution in [3.63, 3.8) is 0 Å². The molecule has 8 heteroatoms. The van der Waals surface area contributed by atoms with Crippen molar-refractivity contribution in [1.29, 1.82) is 0 Å². The van der Waals surface area contributed by atoms with Gasteiger partial charge in [0.1, 0.15) is 11.6 Å². The number of imidazole rings is 1. The highest BCUT2D eigenvalue weighted by Crippen LogP contribution is 2.33. The third kappa shape index (κ3) is 4.62. The van der Waals surface area contributed by atoms with E-state index in [0.717, 1.165) is 66.7 Å². The molecule has 4 rings (SSSR count). The van der Waals surface area contributed by atoms with E-state index in [1.165, 1.54) is 0 Å². The minimum atomic E-state index is 0.297. The second-order valence-corrected chi connectivity index (χ2v) is 7.78. The summed E-state index contributed by atoms with van der Waals surface area (Å²) in [7, 11) is 3.48. The van der Waals surface area contributed by atoms with Crippen LogP contribution in [0, 0.1) is 0 Å². The van der Waals surface area contributed by atoms with Gasteiger partial charge in [0.15, 0.2) is 5.96 Å². The molecule has 3 N–H and O–H groups in total. The van der Waals surface area contributed by atoms with Gasteiger partial charge >= 0.3 is 0 Å². The lowest BCUT2D eigenvalue weighted by atomic mass is 10.2. The van der Waals surface area contributed by atoms with Crippen LogP contribution in [0.3, 0.4) is 0 Å². The summed E-state index contributed by atoms with van der Waals surface area (Å²) in [6.45, 7) is 2.55. The van der Waals surface area contributed by atoms with E-state index in [9.17, 15) is 0 Å². The van der Waals surface area contributed by atoms with Crippen molar-refractivity contribution in [2.45, 2.75) is 18.9 Å². The molecule has 2 heterocycles. The first-order valence-electron chi connectivity index (χ1n) is 10.2. The number of anilines is 1. The number of nitrogens with one attached hydrogen (secondary N) is 3. The summed E-state index contributed by atoms with van der Waals surface area (Å²) in [5, 5.41) is 7.63. The SMILES string of the molecule is CN=C(NCCc1nc2ccccc2[nH]1)NC1CCN(c2cc(Cl)ccc2OC)C1. The number of aliphatic imine (C=N–C) groups is 1. The Morgan fingerprint density at radius 1 is 1.33 bits per heavy atom. The van der Waals surface area contributed by atoms with Gasteiger partial charge < -0.3 is 25.3 Å². The van der Waals surface area contributed by atoms with Crippen molar-refractivity contribution >= 4 is 34.3 Å². The smallest absolute Gasteiger partial charge is 0.191 e. The second-order valence-electron chi connectivity index (χ2n) is 7.34. The van der Waals surface area contributed by atoms with Gasteiger partial charge in [-0.15, -0.1) is 0 Å². The van der Waals surface area contributed by atoms with Crippen molar-refractivity contribution in [1.82, 2.24) is 20.6 Å². The Morgan fingerprint density at radius 2 is 2.20 bits per heavy atom. The molecule has 7 nitrogen and oxygen atoms in total. The number of H-pyrrole nitrogens is 1. The van der Waals surface area contributed by atoms with Crippen LogP contribution in [-0.2, 0) is 6.42 Å². The molecule has 2 aromatic carbocycles. The first-order valence-corrected chi connectivity index (χ1v) is 10.5. The molecule has 0 spiro atoms. The number of nitrogens with zero attached hydrogens (tertiary/aromatic N) is 3. The van der Waals surface area contributed by atoms with Gasteiger partial charge in [-0.2, -0.15) is 0 Å².